The topological polar surface area (TPSA) is 30.5 Å². The second kappa shape index (κ2) is 7.97. The molecule has 1 aromatic rings. The first-order valence-corrected chi connectivity index (χ1v) is 5.49. The molecule has 0 fully saturated rings. The van der Waals surface area contributed by atoms with Crippen LogP contribution in [-0.4, -0.2) is 33.5 Å². The molecule has 0 aliphatic rings. The van der Waals surface area contributed by atoms with Crippen LogP contribution in [0.2, 0.25) is 0 Å². The molecule has 0 heterocycles. The van der Waals surface area contributed by atoms with E-state index >= 15 is 0 Å². The number of rotatable bonds is 8. The van der Waals surface area contributed by atoms with Crippen LogP contribution in [0.5, 0.6) is 0 Å². The van der Waals surface area contributed by atoms with Crippen LogP contribution in [0.25, 0.3) is 0 Å². The van der Waals surface area contributed by atoms with Crippen molar-refractivity contribution < 1.29 is 18.3 Å². The van der Waals surface area contributed by atoms with E-state index < -0.39 is 11.6 Å². The highest BCUT2D eigenvalue weighted by atomic mass is 19.1. The maximum atomic E-state index is 13.2. The van der Waals surface area contributed by atoms with Crippen molar-refractivity contribution in [1.29, 1.82) is 0 Å². The summed E-state index contributed by atoms with van der Waals surface area (Å²) in [5.41, 5.74) is 0.158. The van der Waals surface area contributed by atoms with Gasteiger partial charge in [0.2, 0.25) is 0 Å². The Morgan fingerprint density at radius 2 is 2.00 bits per heavy atom. The summed E-state index contributed by atoms with van der Waals surface area (Å²) in [5.74, 6) is -0.930. The number of benzene rings is 1. The highest BCUT2D eigenvalue weighted by Crippen LogP contribution is 2.14. The second-order valence-corrected chi connectivity index (χ2v) is 3.51. The van der Waals surface area contributed by atoms with Gasteiger partial charge in [-0.25, -0.2) is 8.78 Å². The minimum atomic E-state index is -0.467. The van der Waals surface area contributed by atoms with Crippen molar-refractivity contribution in [3.05, 3.63) is 29.8 Å². The first-order chi connectivity index (χ1) is 8.24. The standard InChI is InChI=1S/C12H17F2NO2/c1-16-6-2-7-17-8-5-15-12-9-10(13)3-4-11(12)14/h3-4,9,15H,2,5-8H2,1H3. The monoisotopic (exact) mass is 245 g/mol. The molecule has 96 valence electrons. The number of anilines is 1. The molecular weight excluding hydrogens is 228 g/mol. The molecule has 0 unspecified atom stereocenters. The van der Waals surface area contributed by atoms with Crippen LogP contribution in [0.1, 0.15) is 6.42 Å². The molecule has 1 aromatic carbocycles. The predicted octanol–water partition coefficient (Wildman–Crippen LogP) is 2.43. The van der Waals surface area contributed by atoms with Gasteiger partial charge in [-0.15, -0.1) is 0 Å². The minimum Gasteiger partial charge on any atom is -0.385 e. The molecule has 0 spiro atoms. The van der Waals surface area contributed by atoms with E-state index in [1.54, 1.807) is 7.11 Å². The van der Waals surface area contributed by atoms with E-state index in [0.717, 1.165) is 24.6 Å². The lowest BCUT2D eigenvalue weighted by atomic mass is 10.3. The lowest BCUT2D eigenvalue weighted by Crippen LogP contribution is -2.11. The summed E-state index contributed by atoms with van der Waals surface area (Å²) in [6.45, 7) is 2.14. The fraction of sp³-hybridized carbons (Fsp3) is 0.500. The summed E-state index contributed by atoms with van der Waals surface area (Å²) < 4.78 is 36.1. The van der Waals surface area contributed by atoms with Crippen LogP contribution >= 0.6 is 0 Å². The SMILES string of the molecule is COCCCOCCNc1cc(F)ccc1F. The Morgan fingerprint density at radius 1 is 1.18 bits per heavy atom. The van der Waals surface area contributed by atoms with Gasteiger partial charge in [0.05, 0.1) is 12.3 Å². The smallest absolute Gasteiger partial charge is 0.146 e. The maximum absolute atomic E-state index is 13.2. The van der Waals surface area contributed by atoms with Crippen molar-refractivity contribution in [2.75, 3.05) is 38.8 Å². The molecule has 0 amide bonds. The Morgan fingerprint density at radius 3 is 2.76 bits per heavy atom. The Hall–Kier alpha value is -1.20. The molecule has 0 saturated carbocycles. The number of halogens is 2. The van der Waals surface area contributed by atoms with Gasteiger partial charge in [-0.2, -0.15) is 0 Å². The predicted molar refractivity (Wildman–Crippen MR) is 62.2 cm³/mol. The number of hydrogen-bond acceptors (Lipinski definition) is 3. The van der Waals surface area contributed by atoms with Crippen molar-refractivity contribution in [2.24, 2.45) is 0 Å². The van der Waals surface area contributed by atoms with E-state index in [9.17, 15) is 8.78 Å². The molecule has 1 rings (SSSR count). The van der Waals surface area contributed by atoms with Crippen molar-refractivity contribution in [2.45, 2.75) is 6.42 Å². The van der Waals surface area contributed by atoms with Crippen LogP contribution in [-0.2, 0) is 9.47 Å². The summed E-state index contributed by atoms with van der Waals surface area (Å²) >= 11 is 0. The molecule has 0 bridgehead atoms. The average molecular weight is 245 g/mol. The summed E-state index contributed by atoms with van der Waals surface area (Å²) in [7, 11) is 1.63. The van der Waals surface area contributed by atoms with Gasteiger partial charge in [0.25, 0.3) is 0 Å². The summed E-state index contributed by atoms with van der Waals surface area (Å²) in [6, 6.07) is 3.30. The zero-order valence-electron chi connectivity index (χ0n) is 9.84. The molecule has 0 radical (unpaired) electrons. The molecule has 3 nitrogen and oxygen atoms in total. The third kappa shape index (κ3) is 5.60. The lowest BCUT2D eigenvalue weighted by Gasteiger charge is -2.08. The van der Waals surface area contributed by atoms with Gasteiger partial charge in [-0.3, -0.25) is 0 Å². The van der Waals surface area contributed by atoms with E-state index in [1.807, 2.05) is 0 Å². The molecule has 1 N–H and O–H groups in total. The van der Waals surface area contributed by atoms with Crippen LogP contribution in [0, 0.1) is 11.6 Å². The zero-order valence-corrected chi connectivity index (χ0v) is 9.84. The van der Waals surface area contributed by atoms with Crippen LogP contribution in [0.15, 0.2) is 18.2 Å². The van der Waals surface area contributed by atoms with Crippen molar-refractivity contribution in [1.82, 2.24) is 0 Å². The van der Waals surface area contributed by atoms with Gasteiger partial charge < -0.3 is 14.8 Å². The van der Waals surface area contributed by atoms with Crippen LogP contribution in [0.4, 0.5) is 14.5 Å². The largest absolute Gasteiger partial charge is 0.385 e. The van der Waals surface area contributed by atoms with E-state index in [-0.39, 0.29) is 5.69 Å². The Balaban J connectivity index is 2.15. The van der Waals surface area contributed by atoms with Crippen LogP contribution in [0.3, 0.4) is 0 Å². The van der Waals surface area contributed by atoms with E-state index in [0.29, 0.717) is 26.4 Å². The number of hydrogen-bond donors (Lipinski definition) is 1. The minimum absolute atomic E-state index is 0.158. The molecule has 0 aliphatic carbocycles. The molecule has 0 atom stereocenters. The number of methoxy groups -OCH3 is 1. The highest BCUT2D eigenvalue weighted by Gasteiger charge is 2.02. The number of ether oxygens (including phenoxy) is 2. The third-order valence-electron chi connectivity index (χ3n) is 2.13. The van der Waals surface area contributed by atoms with Crippen molar-refractivity contribution >= 4 is 5.69 Å². The maximum Gasteiger partial charge on any atom is 0.146 e. The van der Waals surface area contributed by atoms with E-state index in [1.165, 1.54) is 0 Å². The first kappa shape index (κ1) is 13.9. The summed E-state index contributed by atoms with van der Waals surface area (Å²) in [6.07, 6.45) is 0.824. The van der Waals surface area contributed by atoms with Gasteiger partial charge in [-0.1, -0.05) is 0 Å². The molecule has 0 aromatic heterocycles. The third-order valence-corrected chi connectivity index (χ3v) is 2.13. The Kier molecular flexibility index (Phi) is 6.50. The van der Waals surface area contributed by atoms with Gasteiger partial charge in [0, 0.05) is 26.9 Å². The van der Waals surface area contributed by atoms with Gasteiger partial charge in [0.1, 0.15) is 11.6 Å². The van der Waals surface area contributed by atoms with Gasteiger partial charge >= 0.3 is 0 Å². The van der Waals surface area contributed by atoms with Gasteiger partial charge in [0.15, 0.2) is 0 Å². The van der Waals surface area contributed by atoms with Crippen molar-refractivity contribution in [3.8, 4) is 0 Å². The molecule has 0 saturated heterocycles. The second-order valence-electron chi connectivity index (χ2n) is 3.51. The average Bonchev–Trinajstić information content (AvgIpc) is 2.32. The lowest BCUT2D eigenvalue weighted by molar-refractivity contribution is 0.109. The Labute approximate surface area is 99.7 Å². The first-order valence-electron chi connectivity index (χ1n) is 5.49. The fourth-order valence-corrected chi connectivity index (χ4v) is 1.30. The number of nitrogens with one attached hydrogen (secondary N) is 1. The van der Waals surface area contributed by atoms with E-state index in [4.69, 9.17) is 9.47 Å². The van der Waals surface area contributed by atoms with Gasteiger partial charge in [-0.05, 0) is 24.6 Å². The highest BCUT2D eigenvalue weighted by molar-refractivity contribution is 5.44. The van der Waals surface area contributed by atoms with Crippen LogP contribution < -0.4 is 5.32 Å². The summed E-state index contributed by atoms with van der Waals surface area (Å²) in [4.78, 5) is 0. The Bertz CT molecular complexity index is 334. The van der Waals surface area contributed by atoms with E-state index in [2.05, 4.69) is 5.32 Å². The summed E-state index contributed by atoms with van der Waals surface area (Å²) in [5, 5.41) is 2.77. The quantitative estimate of drug-likeness (QED) is 0.713. The molecule has 0 aliphatic heterocycles. The normalized spacial score (nSPS) is 10.5. The fourth-order valence-electron chi connectivity index (χ4n) is 1.30. The molecule has 5 heteroatoms. The molecular formula is C12H17F2NO2. The van der Waals surface area contributed by atoms with Crippen molar-refractivity contribution in [3.63, 3.8) is 0 Å². The molecule has 17 heavy (non-hydrogen) atoms. The zero-order chi connectivity index (χ0) is 12.5.